The number of hydrogen-bond acceptors (Lipinski definition) is 3. The van der Waals surface area contributed by atoms with Crippen LogP contribution in [0.3, 0.4) is 0 Å². The third-order valence-electron chi connectivity index (χ3n) is 1.90. The van der Waals surface area contributed by atoms with Gasteiger partial charge in [0.2, 0.25) is 0 Å². The van der Waals surface area contributed by atoms with E-state index in [0.717, 1.165) is 26.2 Å². The maximum absolute atomic E-state index is 5.80. The van der Waals surface area contributed by atoms with Gasteiger partial charge in [-0.25, -0.2) is 0 Å². The monoisotopic (exact) mass is 229 g/mol. The molecule has 1 heterocycles. The summed E-state index contributed by atoms with van der Waals surface area (Å²) >= 11 is 11.7. The zero-order valence-electron chi connectivity index (χ0n) is 6.75. The van der Waals surface area contributed by atoms with Gasteiger partial charge >= 0.3 is 0 Å². The number of fused-ring (bicyclic) bond motifs is 1. The summed E-state index contributed by atoms with van der Waals surface area (Å²) in [5, 5.41) is 3.00. The lowest BCUT2D eigenvalue weighted by atomic mass is 10.2. The van der Waals surface area contributed by atoms with Gasteiger partial charge in [0.15, 0.2) is 0 Å². The van der Waals surface area contributed by atoms with Gasteiger partial charge in [0.25, 0.3) is 0 Å². The van der Waals surface area contributed by atoms with E-state index in [0.29, 0.717) is 5.88 Å². The second kappa shape index (κ2) is 3.40. The van der Waals surface area contributed by atoms with Gasteiger partial charge in [0, 0.05) is 26.2 Å². The van der Waals surface area contributed by atoms with Crippen molar-refractivity contribution in [3.05, 3.63) is 23.1 Å². The molecule has 0 aliphatic heterocycles. The summed E-state index contributed by atoms with van der Waals surface area (Å²) in [7, 11) is 0. The number of halogens is 1. The Hall–Kier alpha value is -0.380. The standard InChI is InChI=1S/C9H8ClNS2/c10-3-5-1-6-7(11)4-13-9(6)8(12)2-5/h1-2,4,12H,3,11H2. The first-order valence-electron chi connectivity index (χ1n) is 3.77. The van der Waals surface area contributed by atoms with Gasteiger partial charge in [0.05, 0.1) is 5.69 Å². The quantitative estimate of drug-likeness (QED) is 0.568. The zero-order valence-corrected chi connectivity index (χ0v) is 9.22. The smallest absolute Gasteiger partial charge is 0.0503 e. The van der Waals surface area contributed by atoms with Gasteiger partial charge in [-0.2, -0.15) is 0 Å². The van der Waals surface area contributed by atoms with Crippen LogP contribution in [0.2, 0.25) is 0 Å². The van der Waals surface area contributed by atoms with E-state index in [1.165, 1.54) is 0 Å². The van der Waals surface area contributed by atoms with Gasteiger partial charge in [0.1, 0.15) is 0 Å². The lowest BCUT2D eigenvalue weighted by molar-refractivity contribution is 1.38. The van der Waals surface area contributed by atoms with Crippen LogP contribution in [-0.4, -0.2) is 0 Å². The fraction of sp³-hybridized carbons (Fsp3) is 0.111. The number of thiophene rings is 1. The fourth-order valence-corrected chi connectivity index (χ4v) is 2.73. The molecule has 68 valence electrons. The van der Waals surface area contributed by atoms with Crippen molar-refractivity contribution in [3.8, 4) is 0 Å². The molecule has 0 aliphatic rings. The van der Waals surface area contributed by atoms with Crippen molar-refractivity contribution in [2.24, 2.45) is 0 Å². The highest BCUT2D eigenvalue weighted by Gasteiger charge is 2.05. The summed E-state index contributed by atoms with van der Waals surface area (Å²) in [4.78, 5) is 0.954. The van der Waals surface area contributed by atoms with Crippen molar-refractivity contribution < 1.29 is 0 Å². The van der Waals surface area contributed by atoms with Crippen LogP contribution in [0, 0.1) is 0 Å². The van der Waals surface area contributed by atoms with Crippen molar-refractivity contribution in [2.75, 3.05) is 5.73 Å². The van der Waals surface area contributed by atoms with Crippen LogP contribution in [0.4, 0.5) is 5.69 Å². The molecule has 2 aromatic rings. The van der Waals surface area contributed by atoms with Gasteiger partial charge in [-0.15, -0.1) is 35.6 Å². The van der Waals surface area contributed by atoms with E-state index in [1.807, 2.05) is 17.5 Å². The minimum atomic E-state index is 0.499. The second-order valence-electron chi connectivity index (χ2n) is 2.82. The molecule has 0 amide bonds. The third-order valence-corrected chi connectivity index (χ3v) is 3.76. The van der Waals surface area contributed by atoms with E-state index >= 15 is 0 Å². The van der Waals surface area contributed by atoms with Crippen molar-refractivity contribution in [1.82, 2.24) is 0 Å². The number of hydrogen-bond donors (Lipinski definition) is 2. The minimum Gasteiger partial charge on any atom is -0.398 e. The first-order valence-corrected chi connectivity index (χ1v) is 5.63. The molecule has 0 aliphatic carbocycles. The molecule has 0 radical (unpaired) electrons. The SMILES string of the molecule is Nc1csc2c(S)cc(CCl)cc12. The largest absolute Gasteiger partial charge is 0.398 e. The molecule has 2 N–H and O–H groups in total. The van der Waals surface area contributed by atoms with Gasteiger partial charge in [-0.1, -0.05) is 0 Å². The lowest BCUT2D eigenvalue weighted by Gasteiger charge is -2.00. The normalized spacial score (nSPS) is 10.9. The Bertz CT molecular complexity index is 450. The van der Waals surface area contributed by atoms with Crippen LogP contribution >= 0.6 is 35.6 Å². The summed E-state index contributed by atoms with van der Waals surface area (Å²) in [6.45, 7) is 0. The topological polar surface area (TPSA) is 26.0 Å². The van der Waals surface area contributed by atoms with Crippen LogP contribution in [-0.2, 0) is 5.88 Å². The number of anilines is 1. The van der Waals surface area contributed by atoms with Crippen LogP contribution < -0.4 is 5.73 Å². The molecule has 0 unspecified atom stereocenters. The van der Waals surface area contributed by atoms with E-state index in [1.54, 1.807) is 11.3 Å². The molecule has 0 saturated carbocycles. The third kappa shape index (κ3) is 1.52. The first kappa shape index (κ1) is 9.19. The molecule has 0 spiro atoms. The van der Waals surface area contributed by atoms with Gasteiger partial charge < -0.3 is 5.73 Å². The second-order valence-corrected chi connectivity index (χ2v) is 4.45. The Kier molecular flexibility index (Phi) is 2.41. The Labute approximate surface area is 90.9 Å². The Morgan fingerprint density at radius 3 is 2.92 bits per heavy atom. The summed E-state index contributed by atoms with van der Waals surface area (Å²) in [5.41, 5.74) is 7.67. The maximum Gasteiger partial charge on any atom is 0.0503 e. The highest BCUT2D eigenvalue weighted by molar-refractivity contribution is 7.80. The average Bonchev–Trinajstić information content (AvgIpc) is 2.48. The fourth-order valence-electron chi connectivity index (χ4n) is 1.27. The van der Waals surface area contributed by atoms with E-state index in [-0.39, 0.29) is 0 Å². The van der Waals surface area contributed by atoms with Crippen molar-refractivity contribution >= 4 is 51.3 Å². The van der Waals surface area contributed by atoms with E-state index < -0.39 is 0 Å². The van der Waals surface area contributed by atoms with Crippen LogP contribution in [0.15, 0.2) is 22.4 Å². The Morgan fingerprint density at radius 1 is 1.46 bits per heavy atom. The predicted molar refractivity (Wildman–Crippen MR) is 63.0 cm³/mol. The molecule has 1 aromatic heterocycles. The number of alkyl halides is 1. The molecule has 4 heteroatoms. The van der Waals surface area contributed by atoms with Gasteiger partial charge in [-0.05, 0) is 17.7 Å². The molecule has 0 fully saturated rings. The molecule has 0 saturated heterocycles. The molecule has 1 aromatic carbocycles. The molecule has 13 heavy (non-hydrogen) atoms. The van der Waals surface area contributed by atoms with E-state index in [2.05, 4.69) is 12.6 Å². The van der Waals surface area contributed by atoms with E-state index in [9.17, 15) is 0 Å². The number of nitrogen functional groups attached to an aromatic ring is 1. The number of benzene rings is 1. The van der Waals surface area contributed by atoms with Crippen LogP contribution in [0.25, 0.3) is 10.1 Å². The van der Waals surface area contributed by atoms with Crippen LogP contribution in [0.5, 0.6) is 0 Å². The first-order chi connectivity index (χ1) is 6.22. The molecule has 0 atom stereocenters. The summed E-state index contributed by atoms with van der Waals surface area (Å²) < 4.78 is 1.13. The Balaban J connectivity index is 2.80. The van der Waals surface area contributed by atoms with Crippen molar-refractivity contribution in [3.63, 3.8) is 0 Å². The van der Waals surface area contributed by atoms with Crippen molar-refractivity contribution in [2.45, 2.75) is 10.8 Å². The van der Waals surface area contributed by atoms with Crippen molar-refractivity contribution in [1.29, 1.82) is 0 Å². The molecule has 1 nitrogen and oxygen atoms in total. The summed E-state index contributed by atoms with van der Waals surface area (Å²) in [6.07, 6.45) is 0. The lowest BCUT2D eigenvalue weighted by Crippen LogP contribution is -1.83. The molecular weight excluding hydrogens is 222 g/mol. The minimum absolute atomic E-state index is 0.499. The highest BCUT2D eigenvalue weighted by atomic mass is 35.5. The summed E-state index contributed by atoms with van der Waals surface area (Å²) in [5.74, 6) is 0.499. The number of thiol groups is 1. The summed E-state index contributed by atoms with van der Waals surface area (Å²) in [6, 6.07) is 4.00. The van der Waals surface area contributed by atoms with Crippen LogP contribution in [0.1, 0.15) is 5.56 Å². The molecule has 2 rings (SSSR count). The zero-order chi connectivity index (χ0) is 9.42. The average molecular weight is 230 g/mol. The number of rotatable bonds is 1. The predicted octanol–water partition coefficient (Wildman–Crippen LogP) is 3.51. The number of nitrogens with two attached hydrogens (primary N) is 1. The van der Waals surface area contributed by atoms with E-state index in [4.69, 9.17) is 17.3 Å². The maximum atomic E-state index is 5.80. The Morgan fingerprint density at radius 2 is 2.23 bits per heavy atom. The molecular formula is C9H8ClNS2. The molecule has 0 bridgehead atoms. The highest BCUT2D eigenvalue weighted by Crippen LogP contribution is 2.34. The van der Waals surface area contributed by atoms with Gasteiger partial charge in [-0.3, -0.25) is 0 Å².